The predicted octanol–water partition coefficient (Wildman–Crippen LogP) is 4.05. The zero-order valence-electron chi connectivity index (χ0n) is 13.9. The van der Waals surface area contributed by atoms with Crippen molar-refractivity contribution in [3.8, 4) is 5.69 Å². The smallest absolute Gasteiger partial charge is 0.0654 e. The van der Waals surface area contributed by atoms with Gasteiger partial charge in [0.25, 0.3) is 0 Å². The molecule has 0 aliphatic rings. The minimum Gasteiger partial charge on any atom is -0.312 e. The second-order valence-electron chi connectivity index (χ2n) is 6.48. The molecule has 1 heterocycles. The van der Waals surface area contributed by atoms with Crippen molar-refractivity contribution in [1.29, 1.82) is 0 Å². The molecule has 0 radical (unpaired) electrons. The van der Waals surface area contributed by atoms with Crippen LogP contribution in [0.3, 0.4) is 0 Å². The van der Waals surface area contributed by atoms with E-state index in [0.717, 1.165) is 24.5 Å². The minimum atomic E-state index is 0.465. The fourth-order valence-corrected chi connectivity index (χ4v) is 2.31. The molecule has 2 rings (SSSR count). The van der Waals surface area contributed by atoms with Crippen LogP contribution in [0.5, 0.6) is 0 Å². The molecule has 0 aliphatic heterocycles. The Hall–Kier alpha value is -1.61. The quantitative estimate of drug-likeness (QED) is 0.867. The lowest BCUT2D eigenvalue weighted by molar-refractivity contribution is 0.551. The van der Waals surface area contributed by atoms with E-state index >= 15 is 0 Å². The predicted molar refractivity (Wildman–Crippen MR) is 88.9 cm³/mol. The lowest BCUT2D eigenvalue weighted by Crippen LogP contribution is -2.19. The maximum Gasteiger partial charge on any atom is 0.0654 e. The van der Waals surface area contributed by atoms with Crippen molar-refractivity contribution < 1.29 is 0 Å². The first-order valence-electron chi connectivity index (χ1n) is 7.83. The zero-order chi connectivity index (χ0) is 15.4. The van der Waals surface area contributed by atoms with Gasteiger partial charge in [-0.3, -0.25) is 0 Å². The van der Waals surface area contributed by atoms with Crippen molar-refractivity contribution in [3.05, 3.63) is 47.3 Å². The summed E-state index contributed by atoms with van der Waals surface area (Å²) in [4.78, 5) is 0. The van der Waals surface area contributed by atoms with Crippen LogP contribution < -0.4 is 5.32 Å². The van der Waals surface area contributed by atoms with Crippen molar-refractivity contribution in [3.63, 3.8) is 0 Å². The summed E-state index contributed by atoms with van der Waals surface area (Å²) >= 11 is 0. The van der Waals surface area contributed by atoms with Crippen LogP contribution in [0.4, 0.5) is 0 Å². The maximum atomic E-state index is 4.64. The van der Waals surface area contributed by atoms with E-state index in [0.29, 0.717) is 11.8 Å². The second kappa shape index (κ2) is 6.90. The number of aryl methyl sites for hydroxylation is 1. The average Bonchev–Trinajstić information content (AvgIpc) is 2.90. The molecule has 0 saturated heterocycles. The third kappa shape index (κ3) is 4.18. The summed E-state index contributed by atoms with van der Waals surface area (Å²) in [7, 11) is 0. The Morgan fingerprint density at radius 1 is 1.14 bits per heavy atom. The fraction of sp³-hybridized carbons (Fsp3) is 0.500. The number of rotatable bonds is 6. The van der Waals surface area contributed by atoms with Gasteiger partial charge < -0.3 is 5.32 Å². The van der Waals surface area contributed by atoms with Crippen molar-refractivity contribution in [1.82, 2.24) is 15.1 Å². The Morgan fingerprint density at radius 2 is 1.90 bits per heavy atom. The SMILES string of the molecule is Cc1cc(-n2ccc(C(C)C)n2)ccc1CNCC(C)C. The van der Waals surface area contributed by atoms with Gasteiger partial charge in [0.2, 0.25) is 0 Å². The number of aromatic nitrogens is 2. The van der Waals surface area contributed by atoms with E-state index in [-0.39, 0.29) is 0 Å². The van der Waals surface area contributed by atoms with Gasteiger partial charge in [-0.1, -0.05) is 33.8 Å². The largest absolute Gasteiger partial charge is 0.312 e. The molecule has 0 amide bonds. The molecule has 2 aromatic rings. The molecule has 0 aliphatic carbocycles. The van der Waals surface area contributed by atoms with Crippen LogP contribution in [-0.2, 0) is 6.54 Å². The highest BCUT2D eigenvalue weighted by Crippen LogP contribution is 2.17. The van der Waals surface area contributed by atoms with Gasteiger partial charge in [0, 0.05) is 12.7 Å². The van der Waals surface area contributed by atoms with Gasteiger partial charge in [0.15, 0.2) is 0 Å². The van der Waals surface area contributed by atoms with Crippen LogP contribution >= 0.6 is 0 Å². The third-order valence-electron chi connectivity index (χ3n) is 3.66. The first-order chi connectivity index (χ1) is 9.97. The van der Waals surface area contributed by atoms with E-state index in [1.807, 2.05) is 10.9 Å². The number of nitrogens with zero attached hydrogens (tertiary/aromatic N) is 2. The molecular formula is C18H27N3. The van der Waals surface area contributed by atoms with Crippen molar-refractivity contribution >= 4 is 0 Å². The Kier molecular flexibility index (Phi) is 5.18. The first-order valence-corrected chi connectivity index (χ1v) is 7.83. The van der Waals surface area contributed by atoms with Gasteiger partial charge in [-0.2, -0.15) is 5.10 Å². The number of benzene rings is 1. The lowest BCUT2D eigenvalue weighted by Gasteiger charge is -2.11. The number of hydrogen-bond donors (Lipinski definition) is 1. The van der Waals surface area contributed by atoms with Gasteiger partial charge >= 0.3 is 0 Å². The van der Waals surface area contributed by atoms with Gasteiger partial charge in [0.05, 0.1) is 11.4 Å². The molecule has 0 bridgehead atoms. The number of nitrogens with one attached hydrogen (secondary N) is 1. The topological polar surface area (TPSA) is 29.9 Å². The first kappa shape index (κ1) is 15.8. The molecule has 1 aromatic carbocycles. The monoisotopic (exact) mass is 285 g/mol. The molecule has 0 fully saturated rings. The van der Waals surface area contributed by atoms with Gasteiger partial charge in [-0.05, 0) is 54.6 Å². The minimum absolute atomic E-state index is 0.465. The molecule has 3 heteroatoms. The summed E-state index contributed by atoms with van der Waals surface area (Å²) < 4.78 is 1.97. The van der Waals surface area contributed by atoms with E-state index in [4.69, 9.17) is 0 Å². The molecule has 1 aromatic heterocycles. The van der Waals surface area contributed by atoms with E-state index in [2.05, 4.69) is 69.3 Å². The number of hydrogen-bond acceptors (Lipinski definition) is 2. The summed E-state index contributed by atoms with van der Waals surface area (Å²) in [6, 6.07) is 8.66. The van der Waals surface area contributed by atoms with Crippen LogP contribution in [0.15, 0.2) is 30.5 Å². The molecule has 3 nitrogen and oxygen atoms in total. The fourth-order valence-electron chi connectivity index (χ4n) is 2.31. The molecule has 0 saturated carbocycles. The highest BCUT2D eigenvalue weighted by molar-refractivity contribution is 5.39. The van der Waals surface area contributed by atoms with Crippen LogP contribution in [-0.4, -0.2) is 16.3 Å². The molecule has 0 unspecified atom stereocenters. The Morgan fingerprint density at radius 3 is 2.48 bits per heavy atom. The third-order valence-corrected chi connectivity index (χ3v) is 3.66. The van der Waals surface area contributed by atoms with Crippen molar-refractivity contribution in [2.45, 2.75) is 47.1 Å². The Bertz CT molecular complexity index is 582. The maximum absolute atomic E-state index is 4.64. The summed E-state index contributed by atoms with van der Waals surface area (Å²) in [5, 5.41) is 8.13. The van der Waals surface area contributed by atoms with Crippen LogP contribution in [0.25, 0.3) is 5.69 Å². The summed E-state index contributed by atoms with van der Waals surface area (Å²) in [6.45, 7) is 12.9. The van der Waals surface area contributed by atoms with Gasteiger partial charge in [-0.15, -0.1) is 0 Å². The Balaban J connectivity index is 2.10. The lowest BCUT2D eigenvalue weighted by atomic mass is 10.1. The molecule has 0 spiro atoms. The Labute approximate surface area is 128 Å². The normalized spacial score (nSPS) is 11.6. The van der Waals surface area contributed by atoms with Gasteiger partial charge in [-0.25, -0.2) is 4.68 Å². The van der Waals surface area contributed by atoms with Crippen LogP contribution in [0.1, 0.15) is 50.4 Å². The molecule has 114 valence electrons. The summed E-state index contributed by atoms with van der Waals surface area (Å²) in [5.41, 5.74) is 4.93. The summed E-state index contributed by atoms with van der Waals surface area (Å²) in [5.74, 6) is 1.15. The van der Waals surface area contributed by atoms with E-state index in [9.17, 15) is 0 Å². The summed E-state index contributed by atoms with van der Waals surface area (Å²) in [6.07, 6.45) is 2.04. The standard InChI is InChI=1S/C18H27N3/c1-13(2)11-19-12-16-6-7-17(10-15(16)5)21-9-8-18(20-21)14(3)4/h6-10,13-14,19H,11-12H2,1-5H3. The average molecular weight is 285 g/mol. The van der Waals surface area contributed by atoms with Crippen LogP contribution in [0.2, 0.25) is 0 Å². The molecular weight excluding hydrogens is 258 g/mol. The van der Waals surface area contributed by atoms with E-state index in [1.54, 1.807) is 0 Å². The highest BCUT2D eigenvalue weighted by atomic mass is 15.3. The van der Waals surface area contributed by atoms with E-state index < -0.39 is 0 Å². The van der Waals surface area contributed by atoms with Crippen LogP contribution in [0, 0.1) is 12.8 Å². The molecule has 21 heavy (non-hydrogen) atoms. The van der Waals surface area contributed by atoms with E-state index in [1.165, 1.54) is 11.1 Å². The van der Waals surface area contributed by atoms with Crippen molar-refractivity contribution in [2.75, 3.05) is 6.54 Å². The van der Waals surface area contributed by atoms with Crippen molar-refractivity contribution in [2.24, 2.45) is 5.92 Å². The van der Waals surface area contributed by atoms with Gasteiger partial charge in [0.1, 0.15) is 0 Å². The highest BCUT2D eigenvalue weighted by Gasteiger charge is 2.06. The zero-order valence-corrected chi connectivity index (χ0v) is 13.9. The molecule has 1 N–H and O–H groups in total. The molecule has 0 atom stereocenters. The second-order valence-corrected chi connectivity index (χ2v) is 6.48.